The van der Waals surface area contributed by atoms with E-state index < -0.39 is 0 Å². The number of ketones is 1. The van der Waals surface area contributed by atoms with Crippen molar-refractivity contribution < 1.29 is 4.79 Å². The molecule has 0 atom stereocenters. The predicted octanol–water partition coefficient (Wildman–Crippen LogP) is 1.85. The van der Waals surface area contributed by atoms with E-state index in [1.54, 1.807) is 12.4 Å². The number of benzene rings is 1. The molecular formula is C12H8N2O. The van der Waals surface area contributed by atoms with Crippen LogP contribution in [0.3, 0.4) is 0 Å². The molecule has 3 heteroatoms. The summed E-state index contributed by atoms with van der Waals surface area (Å²) < 4.78 is 0. The van der Waals surface area contributed by atoms with Gasteiger partial charge in [0.1, 0.15) is 6.54 Å². The highest BCUT2D eigenvalue weighted by Crippen LogP contribution is 2.21. The molecule has 2 heterocycles. The third kappa shape index (κ3) is 1.16. The molecule has 15 heavy (non-hydrogen) atoms. The van der Waals surface area contributed by atoms with Gasteiger partial charge in [0.15, 0.2) is 5.78 Å². The Balaban J connectivity index is 2.44. The molecule has 2 aromatic rings. The number of rotatable bonds is 0. The van der Waals surface area contributed by atoms with Crippen LogP contribution in [0.2, 0.25) is 0 Å². The molecule has 72 valence electrons. The topological polar surface area (TPSA) is 42.3 Å². The summed E-state index contributed by atoms with van der Waals surface area (Å²) in [6.45, 7) is 0.255. The lowest BCUT2D eigenvalue weighted by Crippen LogP contribution is -2.12. The van der Waals surface area contributed by atoms with Gasteiger partial charge in [0.05, 0.1) is 5.52 Å². The number of Topliss-reactive ketones (excluding diaryl/α,β-unsaturated/α-hetero) is 1. The van der Waals surface area contributed by atoms with E-state index in [1.807, 2.05) is 24.3 Å². The van der Waals surface area contributed by atoms with Gasteiger partial charge in [0.2, 0.25) is 0 Å². The number of carbonyl (C=O) groups excluding carboxylic acids is 1. The number of fused-ring (bicyclic) bond motifs is 3. The largest absolute Gasteiger partial charge is 0.292 e. The molecule has 0 radical (unpaired) electrons. The van der Waals surface area contributed by atoms with Gasteiger partial charge in [-0.15, -0.1) is 0 Å². The van der Waals surface area contributed by atoms with E-state index in [0.29, 0.717) is 0 Å². The van der Waals surface area contributed by atoms with Crippen molar-refractivity contribution >= 4 is 22.9 Å². The Morgan fingerprint density at radius 1 is 1.20 bits per heavy atom. The molecule has 0 saturated carbocycles. The first kappa shape index (κ1) is 8.29. The van der Waals surface area contributed by atoms with E-state index in [4.69, 9.17) is 0 Å². The standard InChI is InChI=1S/C12H8N2O/c15-11-7-13-6-10-9(11)4-3-8-2-1-5-14-12(8)10/h1-6H,7H2. The van der Waals surface area contributed by atoms with Gasteiger partial charge in [-0.1, -0.05) is 12.1 Å². The number of hydrogen-bond donors (Lipinski definition) is 0. The van der Waals surface area contributed by atoms with E-state index in [0.717, 1.165) is 22.0 Å². The molecule has 0 bridgehead atoms. The summed E-state index contributed by atoms with van der Waals surface area (Å²) in [6, 6.07) is 7.65. The quantitative estimate of drug-likeness (QED) is 0.645. The molecule has 1 aliphatic rings. The molecule has 0 amide bonds. The summed E-state index contributed by atoms with van der Waals surface area (Å²) >= 11 is 0. The van der Waals surface area contributed by atoms with Gasteiger partial charge in [-0.3, -0.25) is 14.8 Å². The zero-order chi connectivity index (χ0) is 10.3. The van der Waals surface area contributed by atoms with Crippen LogP contribution in [0.1, 0.15) is 15.9 Å². The van der Waals surface area contributed by atoms with Crippen molar-refractivity contribution in [3.63, 3.8) is 0 Å². The summed E-state index contributed by atoms with van der Waals surface area (Å²) in [5.74, 6) is 0.0695. The molecular weight excluding hydrogens is 188 g/mol. The fourth-order valence-electron chi connectivity index (χ4n) is 1.85. The maximum absolute atomic E-state index is 11.6. The van der Waals surface area contributed by atoms with Crippen LogP contribution < -0.4 is 0 Å². The van der Waals surface area contributed by atoms with Gasteiger partial charge in [-0.25, -0.2) is 0 Å². The Labute approximate surface area is 86.5 Å². The number of aliphatic imine (C=N–C) groups is 1. The third-order valence-electron chi connectivity index (χ3n) is 2.57. The Kier molecular flexibility index (Phi) is 1.65. The van der Waals surface area contributed by atoms with Crippen molar-refractivity contribution in [3.05, 3.63) is 41.6 Å². The Bertz CT molecular complexity index is 587. The van der Waals surface area contributed by atoms with Crippen LogP contribution in [-0.4, -0.2) is 23.5 Å². The van der Waals surface area contributed by atoms with Crippen LogP contribution in [0.4, 0.5) is 0 Å². The van der Waals surface area contributed by atoms with Crippen LogP contribution in [-0.2, 0) is 0 Å². The number of aromatic nitrogens is 1. The predicted molar refractivity (Wildman–Crippen MR) is 58.5 cm³/mol. The van der Waals surface area contributed by atoms with Crippen molar-refractivity contribution in [2.75, 3.05) is 6.54 Å². The van der Waals surface area contributed by atoms with E-state index >= 15 is 0 Å². The summed E-state index contributed by atoms with van der Waals surface area (Å²) in [5, 5.41) is 1.04. The minimum Gasteiger partial charge on any atom is -0.292 e. The first-order valence-electron chi connectivity index (χ1n) is 4.77. The van der Waals surface area contributed by atoms with Crippen molar-refractivity contribution in [1.82, 2.24) is 4.98 Å². The van der Waals surface area contributed by atoms with E-state index in [9.17, 15) is 4.79 Å². The summed E-state index contributed by atoms with van der Waals surface area (Å²) in [7, 11) is 0. The number of nitrogens with zero attached hydrogens (tertiary/aromatic N) is 2. The van der Waals surface area contributed by atoms with E-state index in [1.165, 1.54) is 0 Å². The molecule has 0 aliphatic carbocycles. The van der Waals surface area contributed by atoms with Crippen molar-refractivity contribution in [2.45, 2.75) is 0 Å². The van der Waals surface area contributed by atoms with E-state index in [2.05, 4.69) is 9.98 Å². The summed E-state index contributed by atoms with van der Waals surface area (Å²) in [5.41, 5.74) is 2.44. The lowest BCUT2D eigenvalue weighted by atomic mass is 9.99. The van der Waals surface area contributed by atoms with Crippen LogP contribution in [0.5, 0.6) is 0 Å². The highest BCUT2D eigenvalue weighted by Gasteiger charge is 2.16. The number of carbonyl (C=O) groups is 1. The van der Waals surface area contributed by atoms with Crippen LogP contribution in [0.25, 0.3) is 10.9 Å². The number of pyridine rings is 1. The molecule has 0 fully saturated rings. The molecule has 1 aromatic carbocycles. The Morgan fingerprint density at radius 2 is 2.13 bits per heavy atom. The van der Waals surface area contributed by atoms with Crippen molar-refractivity contribution in [1.29, 1.82) is 0 Å². The first-order chi connectivity index (χ1) is 7.36. The second kappa shape index (κ2) is 2.98. The zero-order valence-corrected chi connectivity index (χ0v) is 7.97. The van der Waals surface area contributed by atoms with Gasteiger partial charge in [0, 0.05) is 28.9 Å². The first-order valence-corrected chi connectivity index (χ1v) is 4.77. The van der Waals surface area contributed by atoms with Crippen LogP contribution >= 0.6 is 0 Å². The van der Waals surface area contributed by atoms with Crippen LogP contribution in [0.15, 0.2) is 35.5 Å². The molecule has 0 saturated heterocycles. The smallest absolute Gasteiger partial charge is 0.184 e. The lowest BCUT2D eigenvalue weighted by molar-refractivity contribution is 0.100. The molecule has 3 rings (SSSR count). The molecule has 0 N–H and O–H groups in total. The van der Waals surface area contributed by atoms with Gasteiger partial charge < -0.3 is 0 Å². The average Bonchev–Trinajstić information content (AvgIpc) is 2.29. The second-order valence-corrected chi connectivity index (χ2v) is 3.49. The fourth-order valence-corrected chi connectivity index (χ4v) is 1.85. The Hall–Kier alpha value is -2.03. The number of hydrogen-bond acceptors (Lipinski definition) is 3. The molecule has 0 spiro atoms. The van der Waals surface area contributed by atoms with Crippen molar-refractivity contribution in [2.24, 2.45) is 4.99 Å². The normalized spacial score (nSPS) is 14.3. The summed E-state index contributed by atoms with van der Waals surface area (Å²) in [4.78, 5) is 19.9. The van der Waals surface area contributed by atoms with E-state index in [-0.39, 0.29) is 12.3 Å². The SMILES string of the molecule is O=C1CN=Cc2c1ccc1cccnc21. The van der Waals surface area contributed by atoms with Gasteiger partial charge in [-0.05, 0) is 12.1 Å². The minimum absolute atomic E-state index is 0.0695. The third-order valence-corrected chi connectivity index (χ3v) is 2.57. The lowest BCUT2D eigenvalue weighted by Gasteiger charge is -2.10. The molecule has 1 aliphatic heterocycles. The zero-order valence-electron chi connectivity index (χ0n) is 7.97. The van der Waals surface area contributed by atoms with Gasteiger partial charge in [-0.2, -0.15) is 0 Å². The molecule has 1 aromatic heterocycles. The average molecular weight is 196 g/mol. The maximum Gasteiger partial charge on any atom is 0.184 e. The fraction of sp³-hybridized carbons (Fsp3) is 0.0833. The summed E-state index contributed by atoms with van der Waals surface area (Å²) in [6.07, 6.45) is 3.47. The molecule has 3 nitrogen and oxygen atoms in total. The highest BCUT2D eigenvalue weighted by molar-refractivity contribution is 6.13. The molecule has 0 unspecified atom stereocenters. The highest BCUT2D eigenvalue weighted by atomic mass is 16.1. The van der Waals surface area contributed by atoms with Crippen molar-refractivity contribution in [3.8, 4) is 0 Å². The Morgan fingerprint density at radius 3 is 3.07 bits per heavy atom. The van der Waals surface area contributed by atoms with Crippen LogP contribution in [0, 0.1) is 0 Å². The maximum atomic E-state index is 11.6. The monoisotopic (exact) mass is 196 g/mol. The van der Waals surface area contributed by atoms with Gasteiger partial charge in [0.25, 0.3) is 0 Å². The van der Waals surface area contributed by atoms with Gasteiger partial charge >= 0.3 is 0 Å². The minimum atomic E-state index is 0.0695. The second-order valence-electron chi connectivity index (χ2n) is 3.49.